The Hall–Kier alpha value is -2.39. The molecule has 2 heterocycles. The number of hydrogen-bond acceptors (Lipinski definition) is 8. The lowest BCUT2D eigenvalue weighted by Crippen LogP contribution is -2.61. The monoisotopic (exact) mass is 494 g/mol. The van der Waals surface area contributed by atoms with Gasteiger partial charge in [0.25, 0.3) is 0 Å². The van der Waals surface area contributed by atoms with Crippen LogP contribution in [0.4, 0.5) is 4.79 Å². The van der Waals surface area contributed by atoms with Crippen LogP contribution in [0.15, 0.2) is 24.3 Å². The molecule has 2 unspecified atom stereocenters. The van der Waals surface area contributed by atoms with E-state index in [-0.39, 0.29) is 30.7 Å². The van der Waals surface area contributed by atoms with Gasteiger partial charge in [0.05, 0.1) is 49.3 Å². The number of fused-ring (bicyclic) bond motifs is 2. The van der Waals surface area contributed by atoms with E-state index in [1.165, 1.54) is 0 Å². The molecule has 0 spiro atoms. The molecular weight excluding hydrogens is 460 g/mol. The number of amides is 1. The highest BCUT2D eigenvalue weighted by atomic mass is 32.2. The Morgan fingerprint density at radius 3 is 2.41 bits per heavy atom. The SMILES string of the molecule is CC(C)(C)OC(=O)N1CC2CN(CCNS(=O)(=O)CCCOc3ccc(C#N)cc3)CC(C1)O2. The molecule has 2 fully saturated rings. The third-order valence-corrected chi connectivity index (χ3v) is 6.84. The number of nitrogens with one attached hydrogen (secondary N) is 1. The highest BCUT2D eigenvalue weighted by Gasteiger charge is 2.38. The van der Waals surface area contributed by atoms with Gasteiger partial charge in [0.1, 0.15) is 11.4 Å². The van der Waals surface area contributed by atoms with Crippen LogP contribution >= 0.6 is 0 Å². The molecule has 2 atom stereocenters. The minimum Gasteiger partial charge on any atom is -0.494 e. The molecule has 11 heteroatoms. The van der Waals surface area contributed by atoms with Crippen molar-refractivity contribution in [2.45, 2.75) is 45.0 Å². The van der Waals surface area contributed by atoms with E-state index in [4.69, 9.17) is 19.5 Å². The zero-order chi connectivity index (χ0) is 24.8. The first kappa shape index (κ1) is 26.2. The molecule has 0 radical (unpaired) electrons. The van der Waals surface area contributed by atoms with Gasteiger partial charge in [-0.05, 0) is 51.5 Å². The molecule has 188 valence electrons. The van der Waals surface area contributed by atoms with E-state index in [0.717, 1.165) is 0 Å². The van der Waals surface area contributed by atoms with Crippen molar-refractivity contribution in [2.75, 3.05) is 51.6 Å². The van der Waals surface area contributed by atoms with E-state index in [9.17, 15) is 13.2 Å². The van der Waals surface area contributed by atoms with Crippen LogP contribution in [-0.4, -0.2) is 93.7 Å². The second-order valence-corrected chi connectivity index (χ2v) is 11.5. The van der Waals surface area contributed by atoms with Crippen molar-refractivity contribution in [2.24, 2.45) is 0 Å². The molecule has 0 aromatic heterocycles. The topological polar surface area (TPSA) is 121 Å². The predicted octanol–water partition coefficient (Wildman–Crippen LogP) is 1.57. The van der Waals surface area contributed by atoms with Gasteiger partial charge in [-0.1, -0.05) is 0 Å². The van der Waals surface area contributed by atoms with Crippen LogP contribution in [0.2, 0.25) is 0 Å². The first-order valence-electron chi connectivity index (χ1n) is 11.5. The summed E-state index contributed by atoms with van der Waals surface area (Å²) < 4.78 is 44.2. The average molecular weight is 495 g/mol. The van der Waals surface area contributed by atoms with E-state index >= 15 is 0 Å². The number of nitriles is 1. The summed E-state index contributed by atoms with van der Waals surface area (Å²) >= 11 is 0. The lowest BCUT2D eigenvalue weighted by molar-refractivity contribution is -0.135. The van der Waals surface area contributed by atoms with Gasteiger partial charge in [0.2, 0.25) is 10.0 Å². The number of morpholine rings is 2. The molecule has 0 saturated carbocycles. The first-order valence-corrected chi connectivity index (χ1v) is 13.1. The second-order valence-electron chi connectivity index (χ2n) is 9.58. The maximum absolute atomic E-state index is 12.4. The van der Waals surface area contributed by atoms with E-state index in [2.05, 4.69) is 9.62 Å². The Kier molecular flexibility index (Phi) is 8.76. The number of sulfonamides is 1. The fraction of sp³-hybridized carbons (Fsp3) is 0.652. The largest absolute Gasteiger partial charge is 0.494 e. The van der Waals surface area contributed by atoms with Crippen molar-refractivity contribution in [1.82, 2.24) is 14.5 Å². The number of hydrogen-bond donors (Lipinski definition) is 1. The zero-order valence-electron chi connectivity index (χ0n) is 20.0. The molecule has 2 bridgehead atoms. The van der Waals surface area contributed by atoms with Crippen molar-refractivity contribution in [3.63, 3.8) is 0 Å². The Labute approximate surface area is 201 Å². The number of carbonyl (C=O) groups excluding carboxylic acids is 1. The van der Waals surface area contributed by atoms with Crippen molar-refractivity contribution in [3.05, 3.63) is 29.8 Å². The van der Waals surface area contributed by atoms with E-state index in [1.807, 2.05) is 26.8 Å². The standard InChI is InChI=1S/C23H34N4O6S/c1-23(2,3)33-22(28)27-16-20-14-26(15-21(17-27)32-20)10-9-25-34(29,30)12-4-11-31-19-7-5-18(13-24)6-8-19/h5-8,20-21,25H,4,9-12,14-17H2,1-3H3. The number of carbonyl (C=O) groups is 1. The zero-order valence-corrected chi connectivity index (χ0v) is 20.8. The predicted molar refractivity (Wildman–Crippen MR) is 126 cm³/mol. The highest BCUT2D eigenvalue weighted by molar-refractivity contribution is 7.89. The summed E-state index contributed by atoms with van der Waals surface area (Å²) in [5, 5.41) is 8.80. The van der Waals surface area contributed by atoms with Gasteiger partial charge in [-0.15, -0.1) is 0 Å². The van der Waals surface area contributed by atoms with Crippen molar-refractivity contribution >= 4 is 16.1 Å². The lowest BCUT2D eigenvalue weighted by Gasteiger charge is -2.45. The van der Waals surface area contributed by atoms with Crippen molar-refractivity contribution in [3.8, 4) is 11.8 Å². The van der Waals surface area contributed by atoms with Gasteiger partial charge in [0.15, 0.2) is 0 Å². The van der Waals surface area contributed by atoms with Crippen LogP contribution in [0.5, 0.6) is 5.75 Å². The molecule has 1 amide bonds. The van der Waals surface area contributed by atoms with E-state index in [1.54, 1.807) is 29.2 Å². The number of benzene rings is 1. The van der Waals surface area contributed by atoms with Crippen molar-refractivity contribution < 1.29 is 27.4 Å². The summed E-state index contributed by atoms with van der Waals surface area (Å²) in [5.74, 6) is 0.579. The minimum absolute atomic E-state index is 0.0253. The Morgan fingerprint density at radius 1 is 1.18 bits per heavy atom. The molecule has 34 heavy (non-hydrogen) atoms. The lowest BCUT2D eigenvalue weighted by atomic mass is 10.1. The van der Waals surface area contributed by atoms with Crippen LogP contribution in [0, 0.1) is 11.3 Å². The molecule has 2 aliphatic rings. The molecule has 10 nitrogen and oxygen atoms in total. The second kappa shape index (κ2) is 11.4. The fourth-order valence-corrected chi connectivity index (χ4v) is 4.98. The van der Waals surface area contributed by atoms with Crippen molar-refractivity contribution in [1.29, 1.82) is 5.26 Å². The fourth-order valence-electron chi connectivity index (χ4n) is 3.93. The summed E-state index contributed by atoms with van der Waals surface area (Å²) in [6.45, 7) is 8.89. The molecule has 2 aliphatic heterocycles. The smallest absolute Gasteiger partial charge is 0.410 e. The Morgan fingerprint density at radius 2 is 1.82 bits per heavy atom. The Bertz CT molecular complexity index is 957. The molecule has 1 aromatic carbocycles. The van der Waals surface area contributed by atoms with Gasteiger partial charge in [-0.3, -0.25) is 4.90 Å². The first-order chi connectivity index (χ1) is 16.0. The molecular formula is C23H34N4O6S. The quantitative estimate of drug-likeness (QED) is 0.514. The van der Waals surface area contributed by atoms with Gasteiger partial charge >= 0.3 is 6.09 Å². The summed E-state index contributed by atoms with van der Waals surface area (Å²) in [6.07, 6.45) is -0.195. The van der Waals surface area contributed by atoms with E-state index in [0.29, 0.717) is 57.0 Å². The third-order valence-electron chi connectivity index (χ3n) is 5.37. The molecule has 3 rings (SSSR count). The van der Waals surface area contributed by atoms with Gasteiger partial charge in [-0.2, -0.15) is 5.26 Å². The van der Waals surface area contributed by atoms with Crippen LogP contribution in [0.3, 0.4) is 0 Å². The summed E-state index contributed by atoms with van der Waals surface area (Å²) in [4.78, 5) is 16.2. The summed E-state index contributed by atoms with van der Waals surface area (Å²) in [7, 11) is -3.40. The highest BCUT2D eigenvalue weighted by Crippen LogP contribution is 2.21. The third kappa shape index (κ3) is 8.43. The maximum Gasteiger partial charge on any atom is 0.410 e. The molecule has 0 aliphatic carbocycles. The minimum atomic E-state index is -3.40. The normalized spacial score (nSPS) is 21.1. The Balaban J connectivity index is 1.33. The summed E-state index contributed by atoms with van der Waals surface area (Å²) in [5.41, 5.74) is 0.00657. The van der Waals surface area contributed by atoms with Crippen LogP contribution in [0.25, 0.3) is 0 Å². The van der Waals surface area contributed by atoms with Gasteiger partial charge in [0, 0.05) is 26.2 Å². The molecule has 2 saturated heterocycles. The van der Waals surface area contributed by atoms with Crippen LogP contribution < -0.4 is 9.46 Å². The maximum atomic E-state index is 12.4. The van der Waals surface area contributed by atoms with Crippen LogP contribution in [-0.2, 0) is 19.5 Å². The van der Waals surface area contributed by atoms with E-state index < -0.39 is 15.6 Å². The molecule has 1 N–H and O–H groups in total. The van der Waals surface area contributed by atoms with Crippen LogP contribution in [0.1, 0.15) is 32.8 Å². The molecule has 1 aromatic rings. The number of ether oxygens (including phenoxy) is 3. The number of rotatable bonds is 9. The average Bonchev–Trinajstić information content (AvgIpc) is 2.75. The van der Waals surface area contributed by atoms with Gasteiger partial charge in [-0.25, -0.2) is 17.9 Å². The summed E-state index contributed by atoms with van der Waals surface area (Å²) in [6, 6.07) is 8.73. The number of nitrogens with zero attached hydrogens (tertiary/aromatic N) is 3. The van der Waals surface area contributed by atoms with Gasteiger partial charge < -0.3 is 19.1 Å².